The molecular weight excluding hydrogens is 504 g/mol. The maximum atomic E-state index is 13.0. The standard InChI is InChI=1S/C30H20O9/c1-3-35-23-9-5-6-16-12-21(29(32)39-28(16)23)20-15-26(31)37-24-14-18(10-11-19(20)24)36-30(33)25-13-17-7-4-8-22(34-2)27(17)38-25/h4-15H,3H2,1-2H3. The summed E-state index contributed by atoms with van der Waals surface area (Å²) in [6.45, 7) is 2.24. The van der Waals surface area contributed by atoms with Crippen molar-refractivity contribution in [2.24, 2.45) is 0 Å². The number of carbonyl (C=O) groups excluding carboxylic acids is 1. The fraction of sp³-hybridized carbons (Fsp3) is 0.100. The van der Waals surface area contributed by atoms with E-state index in [0.717, 1.165) is 0 Å². The Morgan fingerprint density at radius 3 is 2.31 bits per heavy atom. The van der Waals surface area contributed by atoms with E-state index in [-0.39, 0.29) is 22.7 Å². The van der Waals surface area contributed by atoms with E-state index in [2.05, 4.69) is 0 Å². The number of para-hydroxylation sites is 2. The molecule has 9 nitrogen and oxygen atoms in total. The van der Waals surface area contributed by atoms with Gasteiger partial charge in [-0.05, 0) is 43.3 Å². The lowest BCUT2D eigenvalue weighted by atomic mass is 10.0. The minimum atomic E-state index is -0.744. The van der Waals surface area contributed by atoms with E-state index < -0.39 is 17.2 Å². The average molecular weight is 524 g/mol. The molecule has 6 rings (SSSR count). The minimum Gasteiger partial charge on any atom is -0.493 e. The Balaban J connectivity index is 1.38. The first-order valence-corrected chi connectivity index (χ1v) is 12.0. The van der Waals surface area contributed by atoms with Gasteiger partial charge in [0.2, 0.25) is 5.76 Å². The number of methoxy groups -OCH3 is 1. The van der Waals surface area contributed by atoms with Gasteiger partial charge in [0.15, 0.2) is 22.7 Å². The van der Waals surface area contributed by atoms with Crippen molar-refractivity contribution in [1.82, 2.24) is 0 Å². The van der Waals surface area contributed by atoms with Crippen molar-refractivity contribution in [3.8, 4) is 28.4 Å². The first kappa shape index (κ1) is 24.1. The molecule has 194 valence electrons. The van der Waals surface area contributed by atoms with E-state index in [0.29, 0.717) is 51.0 Å². The van der Waals surface area contributed by atoms with Crippen LogP contribution in [0.5, 0.6) is 17.2 Å². The number of benzene rings is 3. The third-order valence-corrected chi connectivity index (χ3v) is 6.17. The molecule has 0 saturated heterocycles. The highest BCUT2D eigenvalue weighted by Gasteiger charge is 2.19. The van der Waals surface area contributed by atoms with Crippen molar-refractivity contribution in [2.45, 2.75) is 6.92 Å². The average Bonchev–Trinajstić information content (AvgIpc) is 3.38. The summed E-state index contributed by atoms with van der Waals surface area (Å²) in [5.74, 6) is 0.285. The van der Waals surface area contributed by atoms with Crippen LogP contribution in [0.3, 0.4) is 0 Å². The predicted octanol–water partition coefficient (Wildman–Crippen LogP) is 5.94. The summed E-state index contributed by atoms with van der Waals surface area (Å²) in [5.41, 5.74) is 0.0272. The molecule has 9 heteroatoms. The Hall–Kier alpha value is -5.31. The number of furan rings is 1. The van der Waals surface area contributed by atoms with Gasteiger partial charge in [-0.3, -0.25) is 0 Å². The summed E-state index contributed by atoms with van der Waals surface area (Å²) in [4.78, 5) is 38.2. The van der Waals surface area contributed by atoms with Crippen molar-refractivity contribution < 1.29 is 32.3 Å². The molecule has 0 unspecified atom stereocenters. The van der Waals surface area contributed by atoms with Gasteiger partial charge in [-0.25, -0.2) is 14.4 Å². The van der Waals surface area contributed by atoms with E-state index in [1.165, 1.54) is 25.3 Å². The number of carbonyl (C=O) groups is 1. The van der Waals surface area contributed by atoms with Crippen molar-refractivity contribution in [2.75, 3.05) is 13.7 Å². The molecule has 0 saturated carbocycles. The van der Waals surface area contributed by atoms with Crippen LogP contribution in [0.2, 0.25) is 0 Å². The number of ether oxygens (including phenoxy) is 3. The summed E-state index contributed by atoms with van der Waals surface area (Å²) in [5, 5.41) is 1.76. The van der Waals surface area contributed by atoms with Gasteiger partial charge < -0.3 is 27.5 Å². The molecule has 3 heterocycles. The smallest absolute Gasteiger partial charge is 0.379 e. The van der Waals surface area contributed by atoms with Crippen LogP contribution < -0.4 is 25.5 Å². The third-order valence-electron chi connectivity index (χ3n) is 6.17. The maximum absolute atomic E-state index is 13.0. The molecule has 39 heavy (non-hydrogen) atoms. The predicted molar refractivity (Wildman–Crippen MR) is 143 cm³/mol. The zero-order chi connectivity index (χ0) is 27.1. The molecule has 0 aliphatic carbocycles. The monoisotopic (exact) mass is 524 g/mol. The highest BCUT2D eigenvalue weighted by Crippen LogP contribution is 2.33. The van der Waals surface area contributed by atoms with Gasteiger partial charge in [0, 0.05) is 33.9 Å². The van der Waals surface area contributed by atoms with Gasteiger partial charge in [-0.1, -0.05) is 24.3 Å². The van der Waals surface area contributed by atoms with Crippen molar-refractivity contribution in [1.29, 1.82) is 0 Å². The second-order valence-electron chi connectivity index (χ2n) is 8.57. The van der Waals surface area contributed by atoms with Crippen LogP contribution in [0.15, 0.2) is 95.6 Å². The second kappa shape index (κ2) is 9.53. The Morgan fingerprint density at radius 1 is 0.795 bits per heavy atom. The Kier molecular flexibility index (Phi) is 5.88. The van der Waals surface area contributed by atoms with Gasteiger partial charge in [0.1, 0.15) is 11.3 Å². The van der Waals surface area contributed by atoms with Gasteiger partial charge >= 0.3 is 17.2 Å². The summed E-state index contributed by atoms with van der Waals surface area (Å²) in [6.07, 6.45) is 0. The zero-order valence-corrected chi connectivity index (χ0v) is 20.8. The summed E-state index contributed by atoms with van der Waals surface area (Å²) >= 11 is 0. The highest BCUT2D eigenvalue weighted by molar-refractivity contribution is 5.98. The topological polar surface area (TPSA) is 118 Å². The Morgan fingerprint density at radius 2 is 1.54 bits per heavy atom. The fourth-order valence-electron chi connectivity index (χ4n) is 4.46. The van der Waals surface area contributed by atoms with E-state index in [4.69, 9.17) is 27.5 Å². The van der Waals surface area contributed by atoms with Crippen molar-refractivity contribution in [3.05, 3.63) is 99.4 Å². The van der Waals surface area contributed by atoms with E-state index in [9.17, 15) is 14.4 Å². The molecule has 6 aromatic rings. The minimum absolute atomic E-state index is 0.0232. The van der Waals surface area contributed by atoms with Crippen molar-refractivity contribution >= 4 is 38.9 Å². The zero-order valence-electron chi connectivity index (χ0n) is 20.8. The van der Waals surface area contributed by atoms with Crippen LogP contribution in [0.25, 0.3) is 44.0 Å². The molecule has 0 bridgehead atoms. The van der Waals surface area contributed by atoms with Crippen LogP contribution in [-0.4, -0.2) is 19.7 Å². The van der Waals surface area contributed by atoms with Gasteiger partial charge in [0.25, 0.3) is 0 Å². The summed E-state index contributed by atoms with van der Waals surface area (Å²) < 4.78 is 32.9. The van der Waals surface area contributed by atoms with E-state index >= 15 is 0 Å². The van der Waals surface area contributed by atoms with Crippen LogP contribution in [0.4, 0.5) is 0 Å². The molecule has 0 spiro atoms. The van der Waals surface area contributed by atoms with Crippen LogP contribution >= 0.6 is 0 Å². The molecule has 0 atom stereocenters. The molecule has 3 aromatic heterocycles. The molecule has 0 aliphatic heterocycles. The Labute approximate surface area is 219 Å². The Bertz CT molecular complexity index is 2010. The first-order valence-electron chi connectivity index (χ1n) is 12.0. The maximum Gasteiger partial charge on any atom is 0.379 e. The number of hydrogen-bond acceptors (Lipinski definition) is 9. The lowest BCUT2D eigenvalue weighted by Crippen LogP contribution is -2.08. The molecule has 0 aliphatic rings. The summed E-state index contributed by atoms with van der Waals surface area (Å²) in [7, 11) is 1.51. The number of fused-ring (bicyclic) bond motifs is 3. The van der Waals surface area contributed by atoms with E-state index in [1.54, 1.807) is 54.6 Å². The number of esters is 1. The van der Waals surface area contributed by atoms with Crippen LogP contribution in [-0.2, 0) is 0 Å². The van der Waals surface area contributed by atoms with E-state index in [1.807, 2.05) is 6.92 Å². The van der Waals surface area contributed by atoms with Gasteiger partial charge in [-0.15, -0.1) is 0 Å². The first-order chi connectivity index (χ1) is 18.9. The summed E-state index contributed by atoms with van der Waals surface area (Å²) in [6, 6.07) is 19.5. The molecule has 0 amide bonds. The lowest BCUT2D eigenvalue weighted by molar-refractivity contribution is 0.0704. The van der Waals surface area contributed by atoms with Crippen LogP contribution in [0.1, 0.15) is 17.5 Å². The third kappa shape index (κ3) is 4.29. The number of hydrogen-bond donors (Lipinski definition) is 0. The second-order valence-corrected chi connectivity index (χ2v) is 8.57. The molecular formula is C30H20O9. The highest BCUT2D eigenvalue weighted by atomic mass is 16.5. The van der Waals surface area contributed by atoms with Gasteiger partial charge in [0.05, 0.1) is 19.3 Å². The fourth-order valence-corrected chi connectivity index (χ4v) is 4.46. The largest absolute Gasteiger partial charge is 0.493 e. The van der Waals surface area contributed by atoms with Crippen molar-refractivity contribution in [3.63, 3.8) is 0 Å². The quantitative estimate of drug-likeness (QED) is 0.148. The van der Waals surface area contributed by atoms with Gasteiger partial charge in [-0.2, -0.15) is 0 Å². The SMILES string of the molecule is CCOc1cccc2cc(-c3cc(=O)oc4cc(OC(=O)c5cc6cccc(OC)c6o5)ccc34)c(=O)oc12. The molecule has 0 fully saturated rings. The lowest BCUT2D eigenvalue weighted by Gasteiger charge is -2.09. The molecule has 0 N–H and O–H groups in total. The normalized spacial score (nSPS) is 11.2. The number of rotatable bonds is 6. The van der Waals surface area contributed by atoms with Crippen LogP contribution in [0, 0.1) is 0 Å². The molecule has 0 radical (unpaired) electrons. The molecule has 3 aromatic carbocycles.